The number of carbonyl (C=O) groups excluding carboxylic acids is 2. The molecule has 102 valence electrons. The number of nitrogens with zero attached hydrogens (tertiary/aromatic N) is 1. The van der Waals surface area contributed by atoms with Gasteiger partial charge >= 0.3 is 5.97 Å². The van der Waals surface area contributed by atoms with E-state index < -0.39 is 17.8 Å². The molecule has 1 heterocycles. The maximum absolute atomic E-state index is 11.9. The lowest BCUT2D eigenvalue weighted by Gasteiger charge is -2.05. The second kappa shape index (κ2) is 5.22. The number of carboxylic acid groups (broad SMARTS) is 1. The topological polar surface area (TPSA) is 138 Å². The van der Waals surface area contributed by atoms with Crippen LogP contribution in [0.5, 0.6) is 0 Å². The molecule has 0 atom stereocenters. The molecule has 1 aromatic heterocycles. The van der Waals surface area contributed by atoms with Crippen molar-refractivity contribution < 1.29 is 19.5 Å². The molecule has 5 N–H and O–H groups in total. The maximum atomic E-state index is 11.9. The molecule has 2 rings (SSSR count). The van der Waals surface area contributed by atoms with E-state index >= 15 is 0 Å². The van der Waals surface area contributed by atoms with E-state index in [2.05, 4.69) is 15.3 Å². The summed E-state index contributed by atoms with van der Waals surface area (Å²) < 4.78 is 0. The number of nitrogens with two attached hydrogens (primary N) is 1. The van der Waals surface area contributed by atoms with Crippen molar-refractivity contribution in [2.45, 2.75) is 0 Å². The summed E-state index contributed by atoms with van der Waals surface area (Å²) in [4.78, 5) is 39.8. The zero-order chi connectivity index (χ0) is 14.7. The first-order valence-electron chi connectivity index (χ1n) is 5.47. The first kappa shape index (κ1) is 13.3. The lowest BCUT2D eigenvalue weighted by Crippen LogP contribution is -2.17. The number of aromatic carboxylic acids is 1. The van der Waals surface area contributed by atoms with Gasteiger partial charge in [-0.1, -0.05) is 6.07 Å². The Morgan fingerprint density at radius 3 is 2.70 bits per heavy atom. The summed E-state index contributed by atoms with van der Waals surface area (Å²) in [7, 11) is 0. The van der Waals surface area contributed by atoms with Crippen LogP contribution >= 0.6 is 0 Å². The number of hydrogen-bond donors (Lipinski definition) is 4. The summed E-state index contributed by atoms with van der Waals surface area (Å²) in [5, 5.41) is 11.3. The van der Waals surface area contributed by atoms with Gasteiger partial charge in [-0.05, 0) is 18.2 Å². The number of H-pyrrole nitrogens is 1. The monoisotopic (exact) mass is 274 g/mol. The Hall–Kier alpha value is -3.16. The standard InChI is InChI=1S/C12H10N4O4/c13-10(17)6-2-1-3-7(4-6)16-11(18)8-9(12(19)20)15-5-14-8/h1-5H,(H2,13,17)(H,14,15)(H,16,18)(H,19,20). The van der Waals surface area contributed by atoms with Crippen LogP contribution in [0.15, 0.2) is 30.6 Å². The molecule has 0 aliphatic rings. The summed E-state index contributed by atoms with van der Waals surface area (Å²) in [6.45, 7) is 0. The van der Waals surface area contributed by atoms with Crippen molar-refractivity contribution in [1.29, 1.82) is 0 Å². The number of anilines is 1. The van der Waals surface area contributed by atoms with Gasteiger partial charge in [0, 0.05) is 11.3 Å². The number of nitrogens with one attached hydrogen (secondary N) is 2. The van der Waals surface area contributed by atoms with E-state index in [0.29, 0.717) is 5.69 Å². The molecule has 2 aromatic rings. The highest BCUT2D eigenvalue weighted by Crippen LogP contribution is 2.12. The molecule has 0 aliphatic heterocycles. The Kier molecular flexibility index (Phi) is 3.47. The van der Waals surface area contributed by atoms with Crippen molar-refractivity contribution in [3.63, 3.8) is 0 Å². The first-order chi connectivity index (χ1) is 9.49. The highest BCUT2D eigenvalue weighted by molar-refractivity contribution is 6.09. The number of rotatable bonds is 4. The van der Waals surface area contributed by atoms with Crippen LogP contribution < -0.4 is 11.1 Å². The number of carbonyl (C=O) groups is 3. The van der Waals surface area contributed by atoms with Gasteiger partial charge in [0.1, 0.15) is 0 Å². The Morgan fingerprint density at radius 1 is 1.30 bits per heavy atom. The van der Waals surface area contributed by atoms with Gasteiger partial charge < -0.3 is 21.1 Å². The third-order valence-electron chi connectivity index (χ3n) is 2.47. The molecular weight excluding hydrogens is 264 g/mol. The van der Waals surface area contributed by atoms with Gasteiger partial charge in [-0.15, -0.1) is 0 Å². The molecule has 0 fully saturated rings. The summed E-state index contributed by atoms with van der Waals surface area (Å²) in [5.41, 5.74) is 5.10. The average molecular weight is 274 g/mol. The Labute approximate surface area is 112 Å². The van der Waals surface area contributed by atoms with Gasteiger partial charge in [-0.25, -0.2) is 9.78 Å². The molecular formula is C12H10N4O4. The fourth-order valence-corrected chi connectivity index (χ4v) is 1.57. The van der Waals surface area contributed by atoms with E-state index in [1.54, 1.807) is 6.07 Å². The van der Waals surface area contributed by atoms with Crippen molar-refractivity contribution >= 4 is 23.5 Å². The van der Waals surface area contributed by atoms with Gasteiger partial charge in [0.25, 0.3) is 5.91 Å². The smallest absolute Gasteiger partial charge is 0.354 e. The molecule has 8 nitrogen and oxygen atoms in total. The Balaban J connectivity index is 2.23. The third-order valence-corrected chi connectivity index (χ3v) is 2.47. The second-order valence-corrected chi connectivity index (χ2v) is 3.83. The van der Waals surface area contributed by atoms with Crippen molar-refractivity contribution in [2.24, 2.45) is 5.73 Å². The average Bonchev–Trinajstić information content (AvgIpc) is 2.88. The molecule has 2 amide bonds. The highest BCUT2D eigenvalue weighted by Gasteiger charge is 2.19. The highest BCUT2D eigenvalue weighted by atomic mass is 16.4. The molecule has 0 saturated heterocycles. The lowest BCUT2D eigenvalue weighted by molar-refractivity contribution is 0.0686. The van der Waals surface area contributed by atoms with Crippen LogP contribution in [-0.2, 0) is 0 Å². The third kappa shape index (κ3) is 2.64. The van der Waals surface area contributed by atoms with Gasteiger partial charge in [0.2, 0.25) is 5.91 Å². The molecule has 0 spiro atoms. The van der Waals surface area contributed by atoms with Gasteiger partial charge in [0.05, 0.1) is 6.33 Å². The largest absolute Gasteiger partial charge is 0.477 e. The number of primary amides is 1. The van der Waals surface area contributed by atoms with Crippen molar-refractivity contribution in [1.82, 2.24) is 9.97 Å². The number of amides is 2. The first-order valence-corrected chi connectivity index (χ1v) is 5.47. The number of aromatic nitrogens is 2. The zero-order valence-corrected chi connectivity index (χ0v) is 10.1. The molecule has 20 heavy (non-hydrogen) atoms. The predicted octanol–water partition coefficient (Wildman–Crippen LogP) is 0.459. The number of carboxylic acids is 1. The minimum absolute atomic E-state index is 0.225. The van der Waals surface area contributed by atoms with E-state index in [1.165, 1.54) is 18.2 Å². The van der Waals surface area contributed by atoms with Crippen LogP contribution in [-0.4, -0.2) is 32.9 Å². The van der Waals surface area contributed by atoms with E-state index in [4.69, 9.17) is 10.8 Å². The summed E-state index contributed by atoms with van der Waals surface area (Å²) in [5.74, 6) is -2.63. The molecule has 0 unspecified atom stereocenters. The summed E-state index contributed by atoms with van der Waals surface area (Å²) in [6.07, 6.45) is 1.11. The number of benzene rings is 1. The molecule has 0 bridgehead atoms. The number of aromatic amines is 1. The molecule has 0 aliphatic carbocycles. The fraction of sp³-hybridized carbons (Fsp3) is 0. The normalized spacial score (nSPS) is 10.0. The van der Waals surface area contributed by atoms with Crippen LogP contribution in [0.1, 0.15) is 31.3 Å². The number of hydrogen-bond acceptors (Lipinski definition) is 4. The predicted molar refractivity (Wildman–Crippen MR) is 68.5 cm³/mol. The summed E-state index contributed by atoms with van der Waals surface area (Å²) >= 11 is 0. The Morgan fingerprint density at radius 2 is 2.05 bits per heavy atom. The minimum atomic E-state index is -1.29. The van der Waals surface area contributed by atoms with Crippen molar-refractivity contribution in [3.8, 4) is 0 Å². The summed E-state index contributed by atoms with van der Waals surface area (Å²) in [6, 6.07) is 5.96. The molecule has 0 radical (unpaired) electrons. The van der Waals surface area contributed by atoms with Crippen LogP contribution in [0.25, 0.3) is 0 Å². The molecule has 8 heteroatoms. The van der Waals surface area contributed by atoms with Crippen LogP contribution in [0.4, 0.5) is 5.69 Å². The van der Waals surface area contributed by atoms with Crippen molar-refractivity contribution in [3.05, 3.63) is 47.5 Å². The van der Waals surface area contributed by atoms with Crippen LogP contribution in [0.3, 0.4) is 0 Å². The second-order valence-electron chi connectivity index (χ2n) is 3.83. The van der Waals surface area contributed by atoms with E-state index in [9.17, 15) is 14.4 Å². The molecule has 1 aromatic carbocycles. The van der Waals surface area contributed by atoms with E-state index in [-0.39, 0.29) is 17.0 Å². The maximum Gasteiger partial charge on any atom is 0.354 e. The van der Waals surface area contributed by atoms with Crippen molar-refractivity contribution in [2.75, 3.05) is 5.32 Å². The van der Waals surface area contributed by atoms with E-state index in [1.807, 2.05) is 0 Å². The fourth-order valence-electron chi connectivity index (χ4n) is 1.57. The SMILES string of the molecule is NC(=O)c1cccc(NC(=O)c2nc[nH]c2C(=O)O)c1. The number of imidazole rings is 1. The minimum Gasteiger partial charge on any atom is -0.477 e. The zero-order valence-electron chi connectivity index (χ0n) is 10.1. The van der Waals surface area contributed by atoms with Gasteiger partial charge in [-0.2, -0.15) is 0 Å². The van der Waals surface area contributed by atoms with Gasteiger partial charge in [-0.3, -0.25) is 9.59 Å². The molecule has 0 saturated carbocycles. The van der Waals surface area contributed by atoms with Crippen LogP contribution in [0.2, 0.25) is 0 Å². The quantitative estimate of drug-likeness (QED) is 0.641. The lowest BCUT2D eigenvalue weighted by atomic mass is 10.2. The van der Waals surface area contributed by atoms with E-state index in [0.717, 1.165) is 6.33 Å². The van der Waals surface area contributed by atoms with Gasteiger partial charge in [0.15, 0.2) is 11.4 Å². The Bertz CT molecular complexity index is 692. The van der Waals surface area contributed by atoms with Crippen LogP contribution in [0, 0.1) is 0 Å².